The summed E-state index contributed by atoms with van der Waals surface area (Å²) in [6.45, 7) is 3.88. The Labute approximate surface area is 114 Å². The van der Waals surface area contributed by atoms with Gasteiger partial charge in [0.25, 0.3) is 0 Å². The van der Waals surface area contributed by atoms with Crippen molar-refractivity contribution in [2.75, 3.05) is 12.4 Å². The average molecular weight is 273 g/mol. The molecule has 0 saturated carbocycles. The number of nitrogens with one attached hydrogen (secondary N) is 2. The fourth-order valence-electron chi connectivity index (χ4n) is 2.32. The lowest BCUT2D eigenvalue weighted by atomic mass is 9.92. The predicted molar refractivity (Wildman–Crippen MR) is 67.2 cm³/mol. The number of aromatic nitrogens is 5. The van der Waals surface area contributed by atoms with E-state index in [9.17, 15) is 4.79 Å². The third-order valence-corrected chi connectivity index (χ3v) is 3.23. The van der Waals surface area contributed by atoms with E-state index >= 15 is 0 Å². The number of H-pyrrole nitrogens is 1. The molecule has 0 aromatic carbocycles. The van der Waals surface area contributed by atoms with Gasteiger partial charge in [0, 0.05) is 17.8 Å². The van der Waals surface area contributed by atoms with E-state index in [0.717, 1.165) is 5.69 Å². The van der Waals surface area contributed by atoms with Gasteiger partial charge in [0.1, 0.15) is 5.92 Å². The summed E-state index contributed by atoms with van der Waals surface area (Å²) >= 11 is 0. The van der Waals surface area contributed by atoms with Crippen molar-refractivity contribution >= 4 is 11.9 Å². The first-order valence-electron chi connectivity index (χ1n) is 6.00. The molecule has 20 heavy (non-hydrogen) atoms. The van der Waals surface area contributed by atoms with Gasteiger partial charge in [0.05, 0.1) is 7.11 Å². The minimum Gasteiger partial charge on any atom is -0.468 e. The molecule has 0 spiro atoms. The molecule has 2 aromatic rings. The number of carbonyl (C=O) groups is 1. The van der Waals surface area contributed by atoms with E-state index in [2.05, 4.69) is 32.4 Å². The Morgan fingerprint density at radius 1 is 1.55 bits per heavy atom. The summed E-state index contributed by atoms with van der Waals surface area (Å²) < 4.78 is 6.41. The number of tetrazole rings is 1. The molecular weight excluding hydrogens is 260 g/mol. The molecule has 0 bridgehead atoms. The molecule has 3 heterocycles. The van der Waals surface area contributed by atoms with Crippen LogP contribution in [-0.2, 0) is 9.53 Å². The number of pyridine rings is 1. The summed E-state index contributed by atoms with van der Waals surface area (Å²) in [6, 6.07) is 5.16. The monoisotopic (exact) mass is 273 g/mol. The second-order valence-electron chi connectivity index (χ2n) is 4.36. The number of methoxy groups -OCH3 is 1. The molecule has 8 nitrogen and oxygen atoms in total. The Morgan fingerprint density at radius 3 is 3.10 bits per heavy atom. The van der Waals surface area contributed by atoms with Gasteiger partial charge in [-0.25, -0.2) is 4.98 Å². The van der Waals surface area contributed by atoms with E-state index < -0.39 is 17.9 Å². The third kappa shape index (κ3) is 1.81. The molecule has 2 atom stereocenters. The minimum absolute atomic E-state index is 0.397. The summed E-state index contributed by atoms with van der Waals surface area (Å²) in [7, 11) is 1.34. The van der Waals surface area contributed by atoms with Crippen molar-refractivity contribution in [2.45, 2.75) is 6.04 Å². The van der Waals surface area contributed by atoms with Crippen molar-refractivity contribution in [2.24, 2.45) is 5.92 Å². The second-order valence-corrected chi connectivity index (χ2v) is 4.36. The quantitative estimate of drug-likeness (QED) is 0.761. The molecule has 102 valence electrons. The topological polar surface area (TPSA) is 96.1 Å². The van der Waals surface area contributed by atoms with Crippen LogP contribution in [0.1, 0.15) is 11.7 Å². The largest absolute Gasteiger partial charge is 0.468 e. The zero-order valence-corrected chi connectivity index (χ0v) is 10.8. The number of ether oxygens (including phenoxy) is 1. The van der Waals surface area contributed by atoms with Gasteiger partial charge in [-0.1, -0.05) is 17.7 Å². The number of carbonyl (C=O) groups excluding carboxylic acids is 1. The number of fused-ring (bicyclic) bond motifs is 1. The maximum atomic E-state index is 12.1. The van der Waals surface area contributed by atoms with E-state index in [4.69, 9.17) is 4.74 Å². The number of aromatic amines is 1. The fraction of sp³-hybridized carbons (Fsp3) is 0.250. The van der Waals surface area contributed by atoms with Gasteiger partial charge < -0.3 is 10.1 Å². The average Bonchev–Trinajstić information content (AvgIpc) is 2.93. The van der Waals surface area contributed by atoms with Crippen LogP contribution in [0.3, 0.4) is 0 Å². The molecule has 0 aliphatic carbocycles. The summed E-state index contributed by atoms with van der Waals surface area (Å²) in [6.07, 6.45) is 1.78. The first-order valence-corrected chi connectivity index (χ1v) is 6.00. The van der Waals surface area contributed by atoms with Gasteiger partial charge in [0.2, 0.25) is 11.6 Å². The Hall–Kier alpha value is -2.77. The Kier molecular flexibility index (Phi) is 2.90. The van der Waals surface area contributed by atoms with E-state index in [1.165, 1.54) is 7.11 Å². The van der Waals surface area contributed by atoms with E-state index in [-0.39, 0.29) is 0 Å². The predicted octanol–water partition coefficient (Wildman–Crippen LogP) is -0.195. The van der Waals surface area contributed by atoms with Crippen molar-refractivity contribution in [3.05, 3.63) is 42.4 Å². The van der Waals surface area contributed by atoms with Gasteiger partial charge in [-0.05, 0) is 10.4 Å². The highest BCUT2D eigenvalue weighted by Crippen LogP contribution is 2.35. The van der Waals surface area contributed by atoms with Crippen LogP contribution >= 0.6 is 0 Å². The van der Waals surface area contributed by atoms with Crippen molar-refractivity contribution in [3.63, 3.8) is 0 Å². The summed E-state index contributed by atoms with van der Waals surface area (Å²) in [5.41, 5.74) is 1.29. The zero-order chi connectivity index (χ0) is 14.1. The number of nitrogens with zero attached hydrogens (tertiary/aromatic N) is 4. The lowest BCUT2D eigenvalue weighted by Gasteiger charge is -2.29. The lowest BCUT2D eigenvalue weighted by Crippen LogP contribution is -2.39. The number of hydrogen-bond donors (Lipinski definition) is 1. The normalized spacial score (nSPS) is 20.9. The van der Waals surface area contributed by atoms with Crippen LogP contribution in [-0.4, -0.2) is 33.3 Å². The highest BCUT2D eigenvalue weighted by atomic mass is 16.5. The molecule has 0 saturated heterocycles. The Bertz CT molecular complexity index is 653. The third-order valence-electron chi connectivity index (χ3n) is 3.23. The maximum absolute atomic E-state index is 12.1. The molecule has 1 aliphatic heterocycles. The van der Waals surface area contributed by atoms with E-state index in [1.807, 2.05) is 18.2 Å². The highest BCUT2D eigenvalue weighted by Gasteiger charge is 2.43. The van der Waals surface area contributed by atoms with Gasteiger partial charge in [-0.3, -0.25) is 4.79 Å². The molecular formula is C12H13N6O2+. The summed E-state index contributed by atoms with van der Waals surface area (Å²) in [4.78, 5) is 15.2. The van der Waals surface area contributed by atoms with Crippen molar-refractivity contribution in [1.82, 2.24) is 20.2 Å². The summed E-state index contributed by atoms with van der Waals surface area (Å²) in [5, 5.41) is 14.4. The van der Waals surface area contributed by atoms with Crippen LogP contribution in [0.25, 0.3) is 0 Å². The number of esters is 1. The first-order chi connectivity index (χ1) is 9.72. The standard InChI is InChI=1S/C12H12N6O2/c1-7-9(11(19)20-2)10(8-5-3-4-6-13-8)18-12(14-7)15-16-17-18/h3-6,9-10H,1H2,2H3,(H,14,15,17)/p+1. The molecule has 2 N–H and O–H groups in total. The van der Waals surface area contributed by atoms with Crippen LogP contribution in [0.15, 0.2) is 36.7 Å². The number of hydrogen-bond acceptors (Lipinski definition) is 6. The van der Waals surface area contributed by atoms with Crippen LogP contribution in [0.4, 0.5) is 5.95 Å². The number of anilines is 1. The van der Waals surface area contributed by atoms with Crippen LogP contribution < -0.4 is 10.3 Å². The SMILES string of the molecule is C=C1Nc2nnnn2C(c2cccc[nH+]2)C1C(=O)OC. The smallest absolute Gasteiger partial charge is 0.317 e. The molecule has 0 amide bonds. The fourth-order valence-corrected chi connectivity index (χ4v) is 2.32. The Balaban J connectivity index is 2.14. The van der Waals surface area contributed by atoms with Gasteiger partial charge in [0.15, 0.2) is 12.2 Å². The molecule has 1 aliphatic rings. The van der Waals surface area contributed by atoms with Crippen LogP contribution in [0.5, 0.6) is 0 Å². The maximum Gasteiger partial charge on any atom is 0.317 e. The van der Waals surface area contributed by atoms with Crippen molar-refractivity contribution in [3.8, 4) is 0 Å². The second kappa shape index (κ2) is 4.72. The van der Waals surface area contributed by atoms with Gasteiger partial charge in [-0.15, -0.1) is 0 Å². The van der Waals surface area contributed by atoms with E-state index in [0.29, 0.717) is 11.6 Å². The first kappa shape index (κ1) is 12.3. The van der Waals surface area contributed by atoms with Gasteiger partial charge in [-0.2, -0.15) is 4.68 Å². The number of rotatable bonds is 2. The van der Waals surface area contributed by atoms with E-state index in [1.54, 1.807) is 10.9 Å². The highest BCUT2D eigenvalue weighted by molar-refractivity contribution is 5.78. The minimum atomic E-state index is -0.616. The molecule has 0 radical (unpaired) electrons. The molecule has 8 heteroatoms. The van der Waals surface area contributed by atoms with Crippen molar-refractivity contribution < 1.29 is 14.5 Å². The molecule has 3 rings (SSSR count). The van der Waals surface area contributed by atoms with Crippen molar-refractivity contribution in [1.29, 1.82) is 0 Å². The van der Waals surface area contributed by atoms with Crippen LogP contribution in [0.2, 0.25) is 0 Å². The van der Waals surface area contributed by atoms with Crippen LogP contribution in [0, 0.1) is 5.92 Å². The Morgan fingerprint density at radius 2 is 2.40 bits per heavy atom. The zero-order valence-electron chi connectivity index (χ0n) is 10.8. The molecule has 2 unspecified atom stereocenters. The summed E-state index contributed by atoms with van der Waals surface area (Å²) in [5.74, 6) is -0.571. The molecule has 2 aromatic heterocycles. The lowest BCUT2D eigenvalue weighted by molar-refractivity contribution is -0.395. The van der Waals surface area contributed by atoms with Gasteiger partial charge >= 0.3 is 5.97 Å². The molecule has 0 fully saturated rings.